The van der Waals surface area contributed by atoms with Crippen LogP contribution >= 0.6 is 0 Å². The number of aromatic nitrogens is 1. The quantitative estimate of drug-likeness (QED) is 0.382. The zero-order valence-corrected chi connectivity index (χ0v) is 12.6. The van der Waals surface area contributed by atoms with E-state index in [4.69, 9.17) is 0 Å². The van der Waals surface area contributed by atoms with E-state index in [0.29, 0.717) is 0 Å². The number of benzene rings is 4. The molecule has 4 aromatic carbocycles. The molecule has 0 aliphatic carbocycles. The second kappa shape index (κ2) is 4.72. The lowest BCUT2D eigenvalue weighted by molar-refractivity contribution is 1.46. The monoisotopic (exact) mass is 293 g/mol. The van der Waals surface area contributed by atoms with Crippen LogP contribution in [0.2, 0.25) is 0 Å². The first kappa shape index (κ1) is 12.5. The normalized spacial score (nSPS) is 11.5. The fraction of sp³-hybridized carbons (Fsp3) is 0. The van der Waals surface area contributed by atoms with Gasteiger partial charge in [-0.3, -0.25) is 0 Å². The van der Waals surface area contributed by atoms with Crippen molar-refractivity contribution in [1.82, 2.24) is 4.98 Å². The van der Waals surface area contributed by atoms with Crippen molar-refractivity contribution >= 4 is 32.4 Å². The molecule has 0 saturated carbocycles. The first-order chi connectivity index (χ1) is 11.4. The Morgan fingerprint density at radius 1 is 0.478 bits per heavy atom. The molecule has 0 bridgehead atoms. The van der Waals surface area contributed by atoms with E-state index >= 15 is 0 Å². The molecular weight excluding hydrogens is 278 g/mol. The van der Waals surface area contributed by atoms with Crippen molar-refractivity contribution in [3.05, 3.63) is 84.9 Å². The predicted octanol–water partition coefficient (Wildman–Crippen LogP) is 6.14. The molecule has 0 aliphatic heterocycles. The van der Waals surface area contributed by atoms with Gasteiger partial charge < -0.3 is 4.98 Å². The van der Waals surface area contributed by atoms with Gasteiger partial charge in [-0.25, -0.2) is 0 Å². The van der Waals surface area contributed by atoms with E-state index in [-0.39, 0.29) is 0 Å². The number of aromatic amines is 1. The number of H-pyrrole nitrogens is 1. The molecule has 1 aromatic heterocycles. The number of rotatable bonds is 1. The molecule has 108 valence electrons. The SMILES string of the molecule is c1ccc2cc(-c3cc4cc5ccccc5cc4[nH]3)ccc2c1. The minimum Gasteiger partial charge on any atom is -0.355 e. The first-order valence-electron chi connectivity index (χ1n) is 7.87. The molecule has 5 rings (SSSR count). The van der Waals surface area contributed by atoms with E-state index in [1.165, 1.54) is 43.7 Å². The standard InChI is InChI=1S/C22H15N/c1-2-6-16-11-19(10-9-15(16)5-1)21-14-20-12-17-7-3-4-8-18(17)13-22(20)23-21/h1-14,23H. The Bertz CT molecular complexity index is 1110. The highest BCUT2D eigenvalue weighted by molar-refractivity contribution is 5.99. The van der Waals surface area contributed by atoms with Crippen LogP contribution in [0.15, 0.2) is 84.9 Å². The molecular formula is C22H15N. The topological polar surface area (TPSA) is 15.8 Å². The molecule has 0 amide bonds. The van der Waals surface area contributed by atoms with Crippen molar-refractivity contribution < 1.29 is 0 Å². The number of hydrogen-bond acceptors (Lipinski definition) is 0. The summed E-state index contributed by atoms with van der Waals surface area (Å²) in [4.78, 5) is 3.57. The Morgan fingerprint density at radius 2 is 1.13 bits per heavy atom. The summed E-state index contributed by atoms with van der Waals surface area (Å²) in [5.41, 5.74) is 3.58. The van der Waals surface area contributed by atoms with Crippen molar-refractivity contribution in [3.8, 4) is 11.3 Å². The summed E-state index contributed by atoms with van der Waals surface area (Å²) in [7, 11) is 0. The molecule has 0 saturated heterocycles. The largest absolute Gasteiger partial charge is 0.355 e. The first-order valence-corrected chi connectivity index (χ1v) is 7.87. The molecule has 1 heterocycles. The number of hydrogen-bond donors (Lipinski definition) is 1. The van der Waals surface area contributed by atoms with Gasteiger partial charge in [0, 0.05) is 16.6 Å². The summed E-state index contributed by atoms with van der Waals surface area (Å²) in [6, 6.07) is 30.3. The van der Waals surface area contributed by atoms with Crippen molar-refractivity contribution in [2.45, 2.75) is 0 Å². The average Bonchev–Trinajstić information content (AvgIpc) is 3.02. The van der Waals surface area contributed by atoms with Crippen molar-refractivity contribution in [2.24, 2.45) is 0 Å². The van der Waals surface area contributed by atoms with E-state index in [2.05, 4.69) is 89.9 Å². The maximum absolute atomic E-state index is 3.57. The average molecular weight is 293 g/mol. The Morgan fingerprint density at radius 3 is 1.91 bits per heavy atom. The third-order valence-electron chi connectivity index (χ3n) is 4.55. The van der Waals surface area contributed by atoms with Crippen LogP contribution in [0.4, 0.5) is 0 Å². The molecule has 0 aliphatic rings. The van der Waals surface area contributed by atoms with Crippen LogP contribution in [0.25, 0.3) is 43.7 Å². The van der Waals surface area contributed by atoms with Crippen molar-refractivity contribution in [2.75, 3.05) is 0 Å². The summed E-state index contributed by atoms with van der Waals surface area (Å²) in [6.07, 6.45) is 0. The Labute approximate surface area is 134 Å². The fourth-order valence-electron chi connectivity index (χ4n) is 3.33. The van der Waals surface area contributed by atoms with Crippen LogP contribution in [0.5, 0.6) is 0 Å². The highest BCUT2D eigenvalue weighted by atomic mass is 14.7. The molecule has 5 aromatic rings. The smallest absolute Gasteiger partial charge is 0.0465 e. The maximum Gasteiger partial charge on any atom is 0.0465 e. The van der Waals surface area contributed by atoms with Gasteiger partial charge in [-0.1, -0.05) is 60.7 Å². The van der Waals surface area contributed by atoms with Crippen LogP contribution in [-0.4, -0.2) is 4.98 Å². The molecule has 0 atom stereocenters. The van der Waals surface area contributed by atoms with Crippen molar-refractivity contribution in [3.63, 3.8) is 0 Å². The van der Waals surface area contributed by atoms with Gasteiger partial charge in [0.1, 0.15) is 0 Å². The predicted molar refractivity (Wildman–Crippen MR) is 98.7 cm³/mol. The third-order valence-corrected chi connectivity index (χ3v) is 4.55. The molecule has 1 nitrogen and oxygen atoms in total. The van der Waals surface area contributed by atoms with Gasteiger partial charge in [0.15, 0.2) is 0 Å². The zero-order chi connectivity index (χ0) is 15.2. The Balaban J connectivity index is 1.73. The van der Waals surface area contributed by atoms with Crippen LogP contribution in [0.3, 0.4) is 0 Å². The van der Waals surface area contributed by atoms with E-state index in [9.17, 15) is 0 Å². The van der Waals surface area contributed by atoms with E-state index in [1.54, 1.807) is 0 Å². The van der Waals surface area contributed by atoms with Crippen LogP contribution in [0, 0.1) is 0 Å². The van der Waals surface area contributed by atoms with Gasteiger partial charge in [0.2, 0.25) is 0 Å². The molecule has 1 N–H and O–H groups in total. The summed E-state index contributed by atoms with van der Waals surface area (Å²) in [5, 5.41) is 6.36. The lowest BCUT2D eigenvalue weighted by Crippen LogP contribution is -1.78. The van der Waals surface area contributed by atoms with E-state index < -0.39 is 0 Å². The molecule has 1 heteroatoms. The van der Waals surface area contributed by atoms with Crippen molar-refractivity contribution in [1.29, 1.82) is 0 Å². The lowest BCUT2D eigenvalue weighted by atomic mass is 10.0. The van der Waals surface area contributed by atoms with Gasteiger partial charge in [-0.2, -0.15) is 0 Å². The highest BCUT2D eigenvalue weighted by Gasteiger charge is 2.05. The zero-order valence-electron chi connectivity index (χ0n) is 12.6. The lowest BCUT2D eigenvalue weighted by Gasteiger charge is -2.01. The summed E-state index contributed by atoms with van der Waals surface area (Å²) in [6.45, 7) is 0. The second-order valence-corrected chi connectivity index (χ2v) is 6.03. The number of fused-ring (bicyclic) bond motifs is 3. The Kier molecular flexibility index (Phi) is 2.56. The molecule has 23 heavy (non-hydrogen) atoms. The minimum absolute atomic E-state index is 1.17. The van der Waals surface area contributed by atoms with Crippen LogP contribution in [-0.2, 0) is 0 Å². The molecule has 0 unspecified atom stereocenters. The van der Waals surface area contributed by atoms with Gasteiger partial charge >= 0.3 is 0 Å². The summed E-state index contributed by atoms with van der Waals surface area (Å²) >= 11 is 0. The minimum atomic E-state index is 1.17. The second-order valence-electron chi connectivity index (χ2n) is 6.03. The number of nitrogens with one attached hydrogen (secondary N) is 1. The maximum atomic E-state index is 3.57. The molecule has 0 spiro atoms. The van der Waals surface area contributed by atoms with Gasteiger partial charge in [0.05, 0.1) is 0 Å². The van der Waals surface area contributed by atoms with Gasteiger partial charge in [0.25, 0.3) is 0 Å². The molecule has 0 radical (unpaired) electrons. The van der Waals surface area contributed by atoms with Gasteiger partial charge in [-0.05, 0) is 51.4 Å². The molecule has 0 fully saturated rings. The van der Waals surface area contributed by atoms with Gasteiger partial charge in [-0.15, -0.1) is 0 Å². The fourth-order valence-corrected chi connectivity index (χ4v) is 3.33. The highest BCUT2D eigenvalue weighted by Crippen LogP contribution is 2.29. The van der Waals surface area contributed by atoms with E-state index in [0.717, 1.165) is 0 Å². The van der Waals surface area contributed by atoms with Crippen LogP contribution < -0.4 is 0 Å². The van der Waals surface area contributed by atoms with E-state index in [1.807, 2.05) is 0 Å². The summed E-state index contributed by atoms with van der Waals surface area (Å²) < 4.78 is 0. The van der Waals surface area contributed by atoms with Crippen LogP contribution in [0.1, 0.15) is 0 Å². The third kappa shape index (κ3) is 2.01. The summed E-state index contributed by atoms with van der Waals surface area (Å²) in [5.74, 6) is 0. The Hall–Kier alpha value is -3.06.